The Kier molecular flexibility index (Phi) is 5.15. The van der Waals surface area contributed by atoms with Crippen molar-refractivity contribution in [2.75, 3.05) is 26.8 Å². The molecule has 0 aliphatic carbocycles. The summed E-state index contributed by atoms with van der Waals surface area (Å²) < 4.78 is 3.79. The van der Waals surface area contributed by atoms with Crippen LogP contribution in [0, 0.1) is 11.8 Å². The predicted molar refractivity (Wildman–Crippen MR) is 118 cm³/mol. The molecule has 0 unspecified atom stereocenters. The van der Waals surface area contributed by atoms with E-state index >= 15 is 0 Å². The van der Waals surface area contributed by atoms with E-state index in [1.807, 2.05) is 18.2 Å². The number of para-hydroxylation sites is 1. The van der Waals surface area contributed by atoms with Crippen molar-refractivity contribution < 1.29 is 0 Å². The molecule has 0 bridgehead atoms. The fraction of sp³-hybridized carbons (Fsp3) is 0.286. The Morgan fingerprint density at radius 1 is 1.12 bits per heavy atom. The summed E-state index contributed by atoms with van der Waals surface area (Å²) in [6.45, 7) is 4.44. The zero-order valence-corrected chi connectivity index (χ0v) is 17.0. The molecule has 0 spiro atoms. The summed E-state index contributed by atoms with van der Waals surface area (Å²) in [5.41, 5.74) is 5.30. The molecule has 0 amide bonds. The molecule has 1 saturated heterocycles. The van der Waals surface area contributed by atoms with Crippen LogP contribution >= 0.6 is 19.8 Å². The van der Waals surface area contributed by atoms with Gasteiger partial charge < -0.3 is 0 Å². The van der Waals surface area contributed by atoms with Gasteiger partial charge in [-0.2, -0.15) is 0 Å². The molecule has 26 heavy (non-hydrogen) atoms. The number of pyridine rings is 1. The number of nitroso groups, excluding NO2 is 1. The molecule has 1 aromatic heterocycles. The van der Waals surface area contributed by atoms with Crippen LogP contribution in [0.25, 0.3) is 10.9 Å². The molecule has 2 aromatic carbocycles. The van der Waals surface area contributed by atoms with E-state index in [9.17, 15) is 4.91 Å². The van der Waals surface area contributed by atoms with Crippen LogP contribution in [0.15, 0.2) is 59.9 Å². The molecule has 0 atom stereocenters. The molecule has 4 nitrogen and oxygen atoms in total. The van der Waals surface area contributed by atoms with E-state index in [2.05, 4.69) is 52.3 Å². The van der Waals surface area contributed by atoms with Gasteiger partial charge in [-0.3, -0.25) is 0 Å². The van der Waals surface area contributed by atoms with Crippen LogP contribution in [0.5, 0.6) is 0 Å². The van der Waals surface area contributed by atoms with E-state index < -0.39 is 19.8 Å². The molecule has 1 aliphatic rings. The Morgan fingerprint density at radius 2 is 1.88 bits per heavy atom. The zero-order chi connectivity index (χ0) is 17.9. The van der Waals surface area contributed by atoms with Gasteiger partial charge in [-0.25, -0.2) is 0 Å². The van der Waals surface area contributed by atoms with Crippen LogP contribution in [0.1, 0.15) is 11.1 Å². The van der Waals surface area contributed by atoms with Crippen molar-refractivity contribution in [1.82, 2.24) is 4.98 Å². The van der Waals surface area contributed by atoms with Gasteiger partial charge in [-0.15, -0.1) is 0 Å². The third-order valence-electron chi connectivity index (χ3n) is 5.03. The maximum absolute atomic E-state index is 11.3. The standard InChI is InChI=1S/C21H22IN3O/c1-16-17(14-20(24-26)19-8-5-11-23-21(16)19)15-22-9-12-25(13-10-22)18-6-3-2-4-7-18/h2-8,11,14H,9-10,12-13,15H2,1H3. The van der Waals surface area contributed by atoms with Crippen LogP contribution in [-0.4, -0.2) is 26.9 Å². The third-order valence-corrected chi connectivity index (χ3v) is 10.9. The molecule has 3 aromatic rings. The molecule has 0 saturated carbocycles. The number of anilines is 1. The number of hydrogen-bond acceptors (Lipinski definition) is 4. The van der Waals surface area contributed by atoms with Crippen molar-refractivity contribution in [3.63, 3.8) is 0 Å². The number of hydrogen-bond donors (Lipinski definition) is 0. The van der Waals surface area contributed by atoms with Crippen molar-refractivity contribution in [3.05, 3.63) is 70.8 Å². The first-order chi connectivity index (χ1) is 12.8. The van der Waals surface area contributed by atoms with Gasteiger partial charge in [0.2, 0.25) is 0 Å². The first-order valence-corrected chi connectivity index (χ1v) is 13.4. The van der Waals surface area contributed by atoms with Gasteiger partial charge in [0.05, 0.1) is 0 Å². The summed E-state index contributed by atoms with van der Waals surface area (Å²) >= 11 is -1.06. The minimum absolute atomic E-state index is 0.535. The maximum atomic E-state index is 11.3. The van der Waals surface area contributed by atoms with E-state index in [1.54, 1.807) is 6.20 Å². The third kappa shape index (κ3) is 3.45. The van der Waals surface area contributed by atoms with Crippen LogP contribution in [0.4, 0.5) is 11.4 Å². The zero-order valence-electron chi connectivity index (χ0n) is 14.9. The average Bonchev–Trinajstić information content (AvgIpc) is 2.71. The second-order valence-corrected chi connectivity index (χ2v) is 12.7. The van der Waals surface area contributed by atoms with Gasteiger partial charge in [-0.05, 0) is 0 Å². The minimum atomic E-state index is -1.06. The molecular formula is C21H22IN3O. The fourth-order valence-electron chi connectivity index (χ4n) is 3.51. The van der Waals surface area contributed by atoms with Crippen LogP contribution in [0.2, 0.25) is 0 Å². The number of fused-ring (bicyclic) bond motifs is 1. The molecular weight excluding hydrogens is 437 g/mol. The molecule has 2 heterocycles. The SMILES string of the molecule is Cc1c(CI2CCN(c3ccccc3)CC2)cc(N=O)c2cccnc12. The van der Waals surface area contributed by atoms with Gasteiger partial charge in [0, 0.05) is 0 Å². The quantitative estimate of drug-likeness (QED) is 0.296. The van der Waals surface area contributed by atoms with Crippen LogP contribution in [0.3, 0.4) is 0 Å². The first-order valence-electron chi connectivity index (χ1n) is 8.84. The summed E-state index contributed by atoms with van der Waals surface area (Å²) in [5, 5.41) is 4.13. The van der Waals surface area contributed by atoms with Crippen molar-refractivity contribution in [3.8, 4) is 0 Å². The van der Waals surface area contributed by atoms with Gasteiger partial charge in [-0.1, -0.05) is 0 Å². The molecule has 5 heteroatoms. The van der Waals surface area contributed by atoms with Crippen LogP contribution in [-0.2, 0) is 4.43 Å². The molecule has 0 radical (unpaired) electrons. The summed E-state index contributed by atoms with van der Waals surface area (Å²) in [6.07, 6.45) is 1.80. The summed E-state index contributed by atoms with van der Waals surface area (Å²) in [7, 11) is 0. The molecule has 4 rings (SSSR count). The van der Waals surface area contributed by atoms with Crippen molar-refractivity contribution in [2.45, 2.75) is 11.4 Å². The predicted octanol–water partition coefficient (Wildman–Crippen LogP) is 5.47. The fourth-order valence-corrected chi connectivity index (χ4v) is 9.30. The molecule has 1 aliphatic heterocycles. The Labute approximate surface area is 161 Å². The van der Waals surface area contributed by atoms with Gasteiger partial charge >= 0.3 is 161 Å². The van der Waals surface area contributed by atoms with E-state index in [0.717, 1.165) is 28.4 Å². The van der Waals surface area contributed by atoms with E-state index in [-0.39, 0.29) is 0 Å². The van der Waals surface area contributed by atoms with E-state index in [4.69, 9.17) is 0 Å². The number of rotatable bonds is 4. The van der Waals surface area contributed by atoms with Gasteiger partial charge in [0.25, 0.3) is 0 Å². The number of halogens is 1. The molecule has 134 valence electrons. The first kappa shape index (κ1) is 17.4. The number of nitrogens with zero attached hydrogens (tertiary/aromatic N) is 3. The number of aromatic nitrogens is 1. The average molecular weight is 459 g/mol. The normalized spacial score (nSPS) is 16.0. The summed E-state index contributed by atoms with van der Waals surface area (Å²) in [6, 6.07) is 16.5. The Balaban J connectivity index is 1.52. The molecule has 1 fully saturated rings. The Bertz CT molecular complexity index is 921. The second-order valence-electron chi connectivity index (χ2n) is 6.57. The summed E-state index contributed by atoms with van der Waals surface area (Å²) in [5.74, 6) is 0. The topological polar surface area (TPSA) is 45.6 Å². The van der Waals surface area contributed by atoms with E-state index in [1.165, 1.54) is 25.7 Å². The molecule has 0 N–H and O–H groups in total. The van der Waals surface area contributed by atoms with Crippen molar-refractivity contribution in [2.24, 2.45) is 5.18 Å². The van der Waals surface area contributed by atoms with Gasteiger partial charge in [0.15, 0.2) is 0 Å². The number of aryl methyl sites for hydroxylation is 1. The van der Waals surface area contributed by atoms with Crippen LogP contribution < -0.4 is 4.90 Å². The number of benzene rings is 2. The van der Waals surface area contributed by atoms with Gasteiger partial charge in [0.1, 0.15) is 0 Å². The monoisotopic (exact) mass is 459 g/mol. The van der Waals surface area contributed by atoms with Crippen molar-refractivity contribution >= 4 is 42.1 Å². The Hall–Kier alpha value is -2.02. The van der Waals surface area contributed by atoms with Crippen molar-refractivity contribution in [1.29, 1.82) is 0 Å². The Morgan fingerprint density at radius 3 is 2.62 bits per heavy atom. The summed E-state index contributed by atoms with van der Waals surface area (Å²) in [4.78, 5) is 18.3. The number of alkyl halides is 3. The van der Waals surface area contributed by atoms with E-state index in [0.29, 0.717) is 5.69 Å². The second kappa shape index (κ2) is 7.70.